The van der Waals surface area contributed by atoms with E-state index in [9.17, 15) is 9.59 Å². The van der Waals surface area contributed by atoms with Crippen molar-refractivity contribution < 1.29 is 19.4 Å². The van der Waals surface area contributed by atoms with Crippen molar-refractivity contribution in [3.8, 4) is 5.75 Å². The van der Waals surface area contributed by atoms with Crippen LogP contribution in [0.15, 0.2) is 53.0 Å². The standard InChI is InChI=1S/C17H16BrNO4/c1-23-14-7-5-11(6-8-14)15(10-16(20)21)19-17(22)12-3-2-4-13(18)9-12/h2-9,15H,10H2,1H3,(H,19,22)(H,20,21). The number of amides is 1. The third kappa shape index (κ3) is 4.82. The second-order valence-corrected chi connectivity index (χ2v) is 5.82. The average Bonchev–Trinajstić information content (AvgIpc) is 2.54. The lowest BCUT2D eigenvalue weighted by Crippen LogP contribution is -2.30. The Bertz CT molecular complexity index is 700. The van der Waals surface area contributed by atoms with Gasteiger partial charge >= 0.3 is 5.97 Å². The molecule has 0 aliphatic heterocycles. The highest BCUT2D eigenvalue weighted by Gasteiger charge is 2.19. The molecule has 0 heterocycles. The first kappa shape index (κ1) is 17.0. The summed E-state index contributed by atoms with van der Waals surface area (Å²) in [7, 11) is 1.55. The number of carbonyl (C=O) groups excluding carboxylic acids is 1. The molecule has 0 spiro atoms. The Morgan fingerprint density at radius 1 is 1.22 bits per heavy atom. The van der Waals surface area contributed by atoms with E-state index in [-0.39, 0.29) is 12.3 Å². The Morgan fingerprint density at radius 2 is 1.91 bits per heavy atom. The zero-order chi connectivity index (χ0) is 16.8. The summed E-state index contributed by atoms with van der Waals surface area (Å²) < 4.78 is 5.87. The van der Waals surface area contributed by atoms with Gasteiger partial charge in [-0.3, -0.25) is 9.59 Å². The van der Waals surface area contributed by atoms with Gasteiger partial charge in [0, 0.05) is 10.0 Å². The highest BCUT2D eigenvalue weighted by molar-refractivity contribution is 9.10. The molecule has 2 N–H and O–H groups in total. The molecule has 0 radical (unpaired) electrons. The van der Waals surface area contributed by atoms with Crippen LogP contribution in [0.3, 0.4) is 0 Å². The van der Waals surface area contributed by atoms with E-state index in [2.05, 4.69) is 21.2 Å². The maximum Gasteiger partial charge on any atom is 0.305 e. The predicted molar refractivity (Wildman–Crippen MR) is 89.6 cm³/mol. The Balaban J connectivity index is 2.20. The number of halogens is 1. The van der Waals surface area contributed by atoms with Crippen LogP contribution in [0.2, 0.25) is 0 Å². The van der Waals surface area contributed by atoms with Crippen LogP contribution in [0.25, 0.3) is 0 Å². The first-order valence-electron chi connectivity index (χ1n) is 6.92. The van der Waals surface area contributed by atoms with E-state index in [4.69, 9.17) is 9.84 Å². The van der Waals surface area contributed by atoms with E-state index in [0.29, 0.717) is 16.9 Å². The lowest BCUT2D eigenvalue weighted by atomic mass is 10.0. The monoisotopic (exact) mass is 377 g/mol. The quantitative estimate of drug-likeness (QED) is 0.808. The molecule has 1 atom stereocenters. The summed E-state index contributed by atoms with van der Waals surface area (Å²) in [5.41, 5.74) is 1.17. The fraction of sp³-hybridized carbons (Fsp3) is 0.176. The van der Waals surface area contributed by atoms with Crippen molar-refractivity contribution in [1.82, 2.24) is 5.32 Å². The molecule has 0 bridgehead atoms. The van der Waals surface area contributed by atoms with Gasteiger partial charge in [-0.25, -0.2) is 0 Å². The first-order valence-corrected chi connectivity index (χ1v) is 7.71. The number of ether oxygens (including phenoxy) is 1. The van der Waals surface area contributed by atoms with E-state index in [1.807, 2.05) is 6.07 Å². The first-order chi connectivity index (χ1) is 11.0. The minimum Gasteiger partial charge on any atom is -0.497 e. The number of carboxylic acids is 1. The van der Waals surface area contributed by atoms with Gasteiger partial charge in [-0.1, -0.05) is 34.1 Å². The van der Waals surface area contributed by atoms with Gasteiger partial charge in [0.05, 0.1) is 19.6 Å². The number of aliphatic carboxylic acids is 1. The molecule has 2 rings (SSSR count). The molecular weight excluding hydrogens is 362 g/mol. The van der Waals surface area contributed by atoms with Gasteiger partial charge in [-0.2, -0.15) is 0 Å². The minimum absolute atomic E-state index is 0.202. The van der Waals surface area contributed by atoms with Crippen molar-refractivity contribution in [3.05, 3.63) is 64.1 Å². The van der Waals surface area contributed by atoms with Crippen LogP contribution in [0, 0.1) is 0 Å². The van der Waals surface area contributed by atoms with Crippen molar-refractivity contribution in [3.63, 3.8) is 0 Å². The molecule has 0 saturated heterocycles. The fourth-order valence-corrected chi connectivity index (χ4v) is 2.53. The van der Waals surface area contributed by atoms with Crippen molar-refractivity contribution >= 4 is 27.8 Å². The van der Waals surface area contributed by atoms with E-state index in [1.165, 1.54) is 0 Å². The normalized spacial score (nSPS) is 11.6. The van der Waals surface area contributed by atoms with Gasteiger partial charge in [-0.15, -0.1) is 0 Å². The van der Waals surface area contributed by atoms with Crippen LogP contribution in [0.1, 0.15) is 28.4 Å². The molecular formula is C17H16BrNO4. The van der Waals surface area contributed by atoms with Crippen LogP contribution in [-0.4, -0.2) is 24.1 Å². The summed E-state index contributed by atoms with van der Waals surface area (Å²) >= 11 is 3.31. The van der Waals surface area contributed by atoms with Crippen LogP contribution >= 0.6 is 15.9 Å². The van der Waals surface area contributed by atoms with Crippen LogP contribution < -0.4 is 10.1 Å². The maximum atomic E-state index is 12.3. The van der Waals surface area contributed by atoms with Crippen molar-refractivity contribution in [2.75, 3.05) is 7.11 Å². The van der Waals surface area contributed by atoms with Gasteiger partial charge in [0.1, 0.15) is 5.75 Å². The Labute approximate surface area is 142 Å². The van der Waals surface area contributed by atoms with Gasteiger partial charge in [0.25, 0.3) is 5.91 Å². The third-order valence-electron chi connectivity index (χ3n) is 3.29. The lowest BCUT2D eigenvalue weighted by Gasteiger charge is -2.18. The lowest BCUT2D eigenvalue weighted by molar-refractivity contribution is -0.137. The molecule has 2 aromatic carbocycles. The molecule has 0 saturated carbocycles. The van der Waals surface area contributed by atoms with E-state index < -0.39 is 12.0 Å². The predicted octanol–water partition coefficient (Wildman–Crippen LogP) is 3.40. The molecule has 0 aromatic heterocycles. The number of carbonyl (C=O) groups is 2. The average molecular weight is 378 g/mol. The van der Waals surface area contributed by atoms with Crippen LogP contribution in [0.4, 0.5) is 0 Å². The molecule has 23 heavy (non-hydrogen) atoms. The molecule has 5 nitrogen and oxygen atoms in total. The van der Waals surface area contributed by atoms with Gasteiger partial charge in [0.2, 0.25) is 0 Å². The summed E-state index contributed by atoms with van der Waals surface area (Å²) in [5, 5.41) is 11.9. The van der Waals surface area contributed by atoms with E-state index in [0.717, 1.165) is 4.47 Å². The second kappa shape index (κ2) is 7.78. The Hall–Kier alpha value is -2.34. The Kier molecular flexibility index (Phi) is 5.76. The minimum atomic E-state index is -0.986. The van der Waals surface area contributed by atoms with Gasteiger partial charge < -0.3 is 15.2 Å². The number of hydrogen-bond acceptors (Lipinski definition) is 3. The Morgan fingerprint density at radius 3 is 2.48 bits per heavy atom. The van der Waals surface area contributed by atoms with E-state index in [1.54, 1.807) is 49.6 Å². The number of hydrogen-bond donors (Lipinski definition) is 2. The second-order valence-electron chi connectivity index (χ2n) is 4.91. The summed E-state index contributed by atoms with van der Waals surface area (Å²) in [6.45, 7) is 0. The maximum absolute atomic E-state index is 12.3. The fourth-order valence-electron chi connectivity index (χ4n) is 2.13. The topological polar surface area (TPSA) is 75.6 Å². The van der Waals surface area contributed by atoms with Crippen LogP contribution in [0.5, 0.6) is 5.75 Å². The van der Waals surface area contributed by atoms with Gasteiger partial charge in [-0.05, 0) is 35.9 Å². The number of methoxy groups -OCH3 is 1. The summed E-state index contributed by atoms with van der Waals surface area (Å²) in [6, 6.07) is 13.2. The third-order valence-corrected chi connectivity index (χ3v) is 3.78. The molecule has 1 unspecified atom stereocenters. The molecule has 0 fully saturated rings. The number of benzene rings is 2. The van der Waals surface area contributed by atoms with E-state index >= 15 is 0 Å². The zero-order valence-electron chi connectivity index (χ0n) is 12.5. The number of nitrogens with one attached hydrogen (secondary N) is 1. The number of carboxylic acid groups (broad SMARTS) is 1. The molecule has 6 heteroatoms. The van der Waals surface area contributed by atoms with Crippen molar-refractivity contribution in [2.24, 2.45) is 0 Å². The molecule has 1 amide bonds. The molecule has 120 valence electrons. The molecule has 0 aliphatic carbocycles. The highest BCUT2D eigenvalue weighted by atomic mass is 79.9. The zero-order valence-corrected chi connectivity index (χ0v) is 14.0. The van der Waals surface area contributed by atoms with Crippen LogP contribution in [-0.2, 0) is 4.79 Å². The SMILES string of the molecule is COc1ccc(C(CC(=O)O)NC(=O)c2cccc(Br)c2)cc1. The largest absolute Gasteiger partial charge is 0.497 e. The van der Waals surface area contributed by atoms with Crippen molar-refractivity contribution in [2.45, 2.75) is 12.5 Å². The smallest absolute Gasteiger partial charge is 0.305 e. The van der Waals surface area contributed by atoms with Crippen molar-refractivity contribution in [1.29, 1.82) is 0 Å². The number of rotatable bonds is 6. The summed E-state index contributed by atoms with van der Waals surface area (Å²) in [4.78, 5) is 23.4. The summed E-state index contributed by atoms with van der Waals surface area (Å²) in [5.74, 6) is -0.644. The van der Waals surface area contributed by atoms with Gasteiger partial charge in [0.15, 0.2) is 0 Å². The highest BCUT2D eigenvalue weighted by Crippen LogP contribution is 2.21. The molecule has 0 aliphatic rings. The molecule has 2 aromatic rings. The summed E-state index contributed by atoms with van der Waals surface area (Å²) in [6.07, 6.45) is -0.202.